The van der Waals surface area contributed by atoms with Crippen molar-refractivity contribution in [3.8, 4) is 17.0 Å². The van der Waals surface area contributed by atoms with E-state index in [1.165, 1.54) is 0 Å². The van der Waals surface area contributed by atoms with Gasteiger partial charge in [0.1, 0.15) is 17.9 Å². The van der Waals surface area contributed by atoms with Crippen LogP contribution in [0.25, 0.3) is 34.3 Å². The van der Waals surface area contributed by atoms with Crippen molar-refractivity contribution in [1.82, 2.24) is 24.7 Å². The fourth-order valence-electron chi connectivity index (χ4n) is 3.88. The smallest absolute Gasteiger partial charge is 0.146 e. The van der Waals surface area contributed by atoms with Gasteiger partial charge in [-0.05, 0) is 38.1 Å². The van der Waals surface area contributed by atoms with Crippen molar-refractivity contribution >= 4 is 46.0 Å². The molecule has 0 atom stereocenters. The highest BCUT2D eigenvalue weighted by Crippen LogP contribution is 2.34. The van der Waals surface area contributed by atoms with Crippen molar-refractivity contribution in [2.75, 3.05) is 0 Å². The predicted molar refractivity (Wildman–Crippen MR) is 138 cm³/mol. The van der Waals surface area contributed by atoms with Crippen LogP contribution in [0.5, 0.6) is 5.75 Å². The predicted octanol–water partition coefficient (Wildman–Crippen LogP) is 6.51. The van der Waals surface area contributed by atoms with E-state index < -0.39 is 0 Å². The summed E-state index contributed by atoms with van der Waals surface area (Å²) in [6.07, 6.45) is 9.27. The van der Waals surface area contributed by atoms with Crippen LogP contribution in [-0.4, -0.2) is 24.7 Å². The van der Waals surface area contributed by atoms with Crippen molar-refractivity contribution in [2.45, 2.75) is 20.5 Å². The zero-order valence-corrected chi connectivity index (χ0v) is 20.6. The van der Waals surface area contributed by atoms with E-state index >= 15 is 0 Å². The van der Waals surface area contributed by atoms with E-state index in [4.69, 9.17) is 21.3 Å². The molecule has 8 heteroatoms. The summed E-state index contributed by atoms with van der Waals surface area (Å²) < 4.78 is 8.17. The second-order valence-electron chi connectivity index (χ2n) is 7.92. The van der Waals surface area contributed by atoms with Gasteiger partial charge in [-0.15, -0.1) is 11.3 Å². The Morgan fingerprint density at radius 2 is 2.03 bits per heavy atom. The van der Waals surface area contributed by atoms with Crippen LogP contribution in [-0.2, 0) is 13.7 Å². The van der Waals surface area contributed by atoms with E-state index in [9.17, 15) is 0 Å². The van der Waals surface area contributed by atoms with Gasteiger partial charge in [0.05, 0.1) is 21.9 Å². The van der Waals surface area contributed by atoms with Gasteiger partial charge in [-0.3, -0.25) is 9.67 Å². The molecule has 5 rings (SSSR count). The molecule has 0 bridgehead atoms. The van der Waals surface area contributed by atoms with Gasteiger partial charge in [0.15, 0.2) is 0 Å². The number of hydrogen-bond donors (Lipinski definition) is 0. The average molecular weight is 488 g/mol. The van der Waals surface area contributed by atoms with Crippen LogP contribution in [0, 0.1) is 13.8 Å². The number of benzene rings is 1. The van der Waals surface area contributed by atoms with Gasteiger partial charge >= 0.3 is 0 Å². The summed E-state index contributed by atoms with van der Waals surface area (Å²) in [6, 6.07) is 10.1. The molecule has 0 saturated heterocycles. The van der Waals surface area contributed by atoms with Crippen LogP contribution in [0.15, 0.2) is 54.4 Å². The highest BCUT2D eigenvalue weighted by Gasteiger charge is 2.14. The highest BCUT2D eigenvalue weighted by atomic mass is 35.5. The first-order valence-corrected chi connectivity index (χ1v) is 12.0. The Labute approximate surface area is 206 Å². The number of nitrogens with zero attached hydrogens (tertiary/aromatic N) is 5. The fraction of sp³-hybridized carbons (Fsp3) is 0.154. The quantitative estimate of drug-likeness (QED) is 0.273. The number of aromatic nitrogens is 5. The number of aryl methyl sites for hydroxylation is 3. The summed E-state index contributed by atoms with van der Waals surface area (Å²) >= 11 is 8.13. The van der Waals surface area contributed by atoms with E-state index in [0.717, 1.165) is 49.6 Å². The maximum atomic E-state index is 6.53. The molecule has 170 valence electrons. The van der Waals surface area contributed by atoms with Crippen LogP contribution in [0.3, 0.4) is 0 Å². The first-order valence-electron chi connectivity index (χ1n) is 10.7. The lowest BCUT2D eigenvalue weighted by molar-refractivity contribution is 0.309. The molecular weight excluding hydrogens is 466 g/mol. The fourth-order valence-corrected chi connectivity index (χ4v) is 4.79. The lowest BCUT2D eigenvalue weighted by Gasteiger charge is -2.14. The normalized spacial score (nSPS) is 11.5. The van der Waals surface area contributed by atoms with Gasteiger partial charge < -0.3 is 4.74 Å². The van der Waals surface area contributed by atoms with E-state index in [-0.39, 0.29) is 0 Å². The highest BCUT2D eigenvalue weighted by molar-refractivity contribution is 7.10. The summed E-state index contributed by atoms with van der Waals surface area (Å²) in [5, 5.41) is 5.89. The molecule has 0 spiro atoms. The Kier molecular flexibility index (Phi) is 6.13. The number of thiazole rings is 1. The molecule has 5 aromatic rings. The lowest BCUT2D eigenvalue weighted by Crippen LogP contribution is -2.02. The molecule has 0 fully saturated rings. The Morgan fingerprint density at radius 1 is 1.15 bits per heavy atom. The zero-order chi connectivity index (χ0) is 23.7. The minimum Gasteiger partial charge on any atom is -0.487 e. The molecular formula is C26H22ClN5OS. The van der Waals surface area contributed by atoms with Crippen molar-refractivity contribution in [3.63, 3.8) is 0 Å². The summed E-state index contributed by atoms with van der Waals surface area (Å²) in [4.78, 5) is 14.5. The maximum Gasteiger partial charge on any atom is 0.146 e. The second kappa shape index (κ2) is 9.37. The molecule has 0 unspecified atom stereocenters. The Hall–Kier alpha value is -3.55. The zero-order valence-electron chi connectivity index (χ0n) is 19.0. The van der Waals surface area contributed by atoms with Gasteiger partial charge in [0.2, 0.25) is 0 Å². The summed E-state index contributed by atoms with van der Waals surface area (Å²) in [5.74, 6) is 0.700. The van der Waals surface area contributed by atoms with Crippen LogP contribution < -0.4 is 4.74 Å². The standard InChI is InChI=1S/C26H22ClN5OS/c1-16-11-20(23-9-10-30-32(23)3)19-5-4-6-24(26(19)31-16)33-14-21-18(12-28-13-22(21)27)7-8-25-17(2)29-15-34-25/h4-13,15H,14H2,1-3H3/b8-7+. The molecule has 0 amide bonds. The first-order chi connectivity index (χ1) is 16.5. The Morgan fingerprint density at radius 3 is 2.79 bits per heavy atom. The minimum absolute atomic E-state index is 0.290. The topological polar surface area (TPSA) is 65.7 Å². The van der Waals surface area contributed by atoms with Crippen LogP contribution in [0.2, 0.25) is 5.02 Å². The molecule has 0 aliphatic rings. The molecule has 0 aliphatic heterocycles. The number of halogens is 1. The van der Waals surface area contributed by atoms with Gasteiger partial charge in [0.25, 0.3) is 0 Å². The third-order valence-corrected chi connectivity index (χ3v) is 6.86. The summed E-state index contributed by atoms with van der Waals surface area (Å²) in [7, 11) is 1.94. The molecule has 34 heavy (non-hydrogen) atoms. The van der Waals surface area contributed by atoms with Crippen LogP contribution in [0.1, 0.15) is 27.4 Å². The Bertz CT molecular complexity index is 1520. The minimum atomic E-state index is 0.290. The summed E-state index contributed by atoms with van der Waals surface area (Å²) in [6.45, 7) is 4.27. The molecule has 6 nitrogen and oxygen atoms in total. The van der Waals surface area contributed by atoms with Gasteiger partial charge in [-0.25, -0.2) is 9.97 Å². The van der Waals surface area contributed by atoms with Gasteiger partial charge in [0, 0.05) is 58.3 Å². The number of pyridine rings is 2. The van der Waals surface area contributed by atoms with Gasteiger partial charge in [-0.2, -0.15) is 5.10 Å². The number of ether oxygens (including phenoxy) is 1. The SMILES string of the molecule is Cc1cc(-c2ccnn2C)c2cccc(OCc3c(Cl)cncc3/C=C/c3scnc3C)c2n1. The molecule has 0 N–H and O–H groups in total. The molecule has 1 aromatic carbocycles. The van der Waals surface area contributed by atoms with Gasteiger partial charge in [-0.1, -0.05) is 29.8 Å². The van der Waals surface area contributed by atoms with Crippen molar-refractivity contribution in [1.29, 1.82) is 0 Å². The largest absolute Gasteiger partial charge is 0.487 e. The maximum absolute atomic E-state index is 6.53. The number of hydrogen-bond acceptors (Lipinski definition) is 6. The van der Waals surface area contributed by atoms with E-state index in [0.29, 0.717) is 17.4 Å². The molecule has 4 heterocycles. The van der Waals surface area contributed by atoms with Crippen LogP contribution >= 0.6 is 22.9 Å². The Balaban J connectivity index is 1.50. The molecule has 4 aromatic heterocycles. The third-order valence-electron chi connectivity index (χ3n) is 5.63. The average Bonchev–Trinajstić information content (AvgIpc) is 3.44. The van der Waals surface area contributed by atoms with E-state index in [1.807, 2.05) is 61.4 Å². The number of rotatable bonds is 6. The van der Waals surface area contributed by atoms with Crippen molar-refractivity contribution < 1.29 is 4.74 Å². The van der Waals surface area contributed by atoms with E-state index in [2.05, 4.69) is 27.2 Å². The second-order valence-corrected chi connectivity index (χ2v) is 9.21. The van der Waals surface area contributed by atoms with Crippen LogP contribution in [0.4, 0.5) is 0 Å². The number of para-hydroxylation sites is 1. The first kappa shape index (κ1) is 22.3. The summed E-state index contributed by atoms with van der Waals surface area (Å²) in [5.41, 5.74) is 8.41. The molecule has 0 aliphatic carbocycles. The van der Waals surface area contributed by atoms with E-state index in [1.54, 1.807) is 29.9 Å². The lowest BCUT2D eigenvalue weighted by atomic mass is 10.0. The molecule has 0 radical (unpaired) electrons. The molecule has 0 saturated carbocycles. The monoisotopic (exact) mass is 487 g/mol. The van der Waals surface area contributed by atoms with Crippen molar-refractivity contribution in [2.24, 2.45) is 7.05 Å². The van der Waals surface area contributed by atoms with Crippen molar-refractivity contribution in [3.05, 3.63) is 86.8 Å². The third kappa shape index (κ3) is 4.32. The number of fused-ring (bicyclic) bond motifs is 1.